The Kier molecular flexibility index (Phi) is 4.83. The summed E-state index contributed by atoms with van der Waals surface area (Å²) in [4.78, 5) is 4.76. The van der Waals surface area contributed by atoms with Crippen molar-refractivity contribution in [2.24, 2.45) is 0 Å². The molecule has 1 heterocycles. The molecule has 0 spiro atoms. The smallest absolute Gasteiger partial charge is 0.124 e. The van der Waals surface area contributed by atoms with Crippen LogP contribution in [0.3, 0.4) is 0 Å². The van der Waals surface area contributed by atoms with Crippen molar-refractivity contribution in [1.82, 2.24) is 9.80 Å². The highest BCUT2D eigenvalue weighted by Gasteiger charge is 2.22. The van der Waals surface area contributed by atoms with E-state index in [1.807, 2.05) is 0 Å². The van der Waals surface area contributed by atoms with Crippen molar-refractivity contribution in [3.8, 4) is 5.75 Å². The van der Waals surface area contributed by atoms with Gasteiger partial charge in [-0.25, -0.2) is 0 Å². The summed E-state index contributed by atoms with van der Waals surface area (Å²) >= 11 is 0. The van der Waals surface area contributed by atoms with Crippen molar-refractivity contribution in [3.63, 3.8) is 0 Å². The van der Waals surface area contributed by atoms with E-state index in [1.54, 1.807) is 0 Å². The lowest BCUT2D eigenvalue weighted by Crippen LogP contribution is -2.22. The van der Waals surface area contributed by atoms with Crippen LogP contribution in [0.2, 0.25) is 0 Å². The SMILES string of the molecule is CC(C)Oc1cccc2c1CN(CCCN(C)C)C2. The van der Waals surface area contributed by atoms with E-state index in [-0.39, 0.29) is 6.10 Å². The summed E-state index contributed by atoms with van der Waals surface area (Å²) in [6.07, 6.45) is 1.47. The maximum absolute atomic E-state index is 5.91. The molecule has 0 saturated heterocycles. The van der Waals surface area contributed by atoms with E-state index in [0.717, 1.165) is 31.9 Å². The van der Waals surface area contributed by atoms with E-state index >= 15 is 0 Å². The summed E-state index contributed by atoms with van der Waals surface area (Å²) < 4.78 is 5.91. The monoisotopic (exact) mass is 262 g/mol. The molecular weight excluding hydrogens is 236 g/mol. The van der Waals surface area contributed by atoms with Crippen molar-refractivity contribution in [2.45, 2.75) is 39.5 Å². The van der Waals surface area contributed by atoms with Crippen LogP contribution >= 0.6 is 0 Å². The Bertz CT molecular complexity index is 415. The Morgan fingerprint density at radius 2 is 2.05 bits per heavy atom. The second kappa shape index (κ2) is 6.40. The van der Waals surface area contributed by atoms with Gasteiger partial charge in [-0.1, -0.05) is 12.1 Å². The van der Waals surface area contributed by atoms with Gasteiger partial charge in [-0.2, -0.15) is 0 Å². The van der Waals surface area contributed by atoms with Crippen molar-refractivity contribution in [3.05, 3.63) is 29.3 Å². The highest BCUT2D eigenvalue weighted by Crippen LogP contribution is 2.31. The summed E-state index contributed by atoms with van der Waals surface area (Å²) in [5.41, 5.74) is 2.82. The first-order valence-electron chi connectivity index (χ1n) is 7.20. The fourth-order valence-corrected chi connectivity index (χ4v) is 2.59. The fourth-order valence-electron chi connectivity index (χ4n) is 2.59. The van der Waals surface area contributed by atoms with Gasteiger partial charge in [-0.05, 0) is 52.5 Å². The zero-order valence-electron chi connectivity index (χ0n) is 12.6. The molecule has 1 aromatic rings. The zero-order valence-corrected chi connectivity index (χ0v) is 12.6. The standard InChI is InChI=1S/C16H26N2O/c1-13(2)19-16-8-5-7-14-11-18(12-15(14)16)10-6-9-17(3)4/h5,7-8,13H,6,9-12H2,1-4H3. The summed E-state index contributed by atoms with van der Waals surface area (Å²) in [6, 6.07) is 6.44. The minimum Gasteiger partial charge on any atom is -0.491 e. The number of ether oxygens (including phenoxy) is 1. The molecule has 1 aromatic carbocycles. The molecule has 3 nitrogen and oxygen atoms in total. The van der Waals surface area contributed by atoms with E-state index < -0.39 is 0 Å². The molecule has 0 unspecified atom stereocenters. The van der Waals surface area contributed by atoms with E-state index in [0.29, 0.717) is 0 Å². The molecule has 19 heavy (non-hydrogen) atoms. The molecular formula is C16H26N2O. The molecule has 106 valence electrons. The van der Waals surface area contributed by atoms with E-state index in [2.05, 4.69) is 55.9 Å². The number of nitrogens with zero attached hydrogens (tertiary/aromatic N) is 2. The lowest BCUT2D eigenvalue weighted by atomic mass is 10.1. The second-order valence-corrected chi connectivity index (χ2v) is 5.93. The summed E-state index contributed by atoms with van der Waals surface area (Å²) in [6.45, 7) is 8.59. The minimum atomic E-state index is 0.245. The Hall–Kier alpha value is -1.06. The number of fused-ring (bicyclic) bond motifs is 1. The number of rotatable bonds is 6. The van der Waals surface area contributed by atoms with Crippen LogP contribution in [0.4, 0.5) is 0 Å². The second-order valence-electron chi connectivity index (χ2n) is 5.93. The predicted molar refractivity (Wildman–Crippen MR) is 79.5 cm³/mol. The predicted octanol–water partition coefficient (Wildman–Crippen LogP) is 2.74. The Morgan fingerprint density at radius 3 is 2.74 bits per heavy atom. The molecule has 1 aliphatic rings. The van der Waals surface area contributed by atoms with Crippen LogP contribution in [0, 0.1) is 0 Å². The first-order valence-corrected chi connectivity index (χ1v) is 7.20. The zero-order chi connectivity index (χ0) is 13.8. The maximum atomic E-state index is 5.91. The topological polar surface area (TPSA) is 15.7 Å². The fraction of sp³-hybridized carbons (Fsp3) is 0.625. The van der Waals surface area contributed by atoms with Crippen molar-refractivity contribution in [2.75, 3.05) is 27.2 Å². The summed E-state index contributed by atoms with van der Waals surface area (Å²) in [5, 5.41) is 0. The average molecular weight is 262 g/mol. The van der Waals surface area contributed by atoms with Gasteiger partial charge >= 0.3 is 0 Å². The molecule has 0 N–H and O–H groups in total. The lowest BCUT2D eigenvalue weighted by Gasteiger charge is -2.17. The Balaban J connectivity index is 1.95. The molecule has 0 bridgehead atoms. The molecule has 0 aliphatic carbocycles. The summed E-state index contributed by atoms with van der Waals surface area (Å²) in [5.74, 6) is 1.07. The lowest BCUT2D eigenvalue weighted by molar-refractivity contribution is 0.232. The van der Waals surface area contributed by atoms with Gasteiger partial charge in [0.25, 0.3) is 0 Å². The maximum Gasteiger partial charge on any atom is 0.124 e. The molecule has 0 aromatic heterocycles. The van der Waals surface area contributed by atoms with Gasteiger partial charge in [-0.3, -0.25) is 4.90 Å². The van der Waals surface area contributed by atoms with Gasteiger partial charge in [0.1, 0.15) is 5.75 Å². The first kappa shape index (κ1) is 14.4. The average Bonchev–Trinajstić information content (AvgIpc) is 2.71. The molecule has 3 heteroatoms. The quantitative estimate of drug-likeness (QED) is 0.784. The normalized spacial score (nSPS) is 15.3. The van der Waals surface area contributed by atoms with Gasteiger partial charge in [0.2, 0.25) is 0 Å². The molecule has 0 radical (unpaired) electrons. The van der Waals surface area contributed by atoms with Gasteiger partial charge < -0.3 is 9.64 Å². The molecule has 2 rings (SSSR count). The molecule has 1 aliphatic heterocycles. The Labute approximate surface area is 117 Å². The molecule has 0 amide bonds. The van der Waals surface area contributed by atoms with Gasteiger partial charge in [0, 0.05) is 25.2 Å². The van der Waals surface area contributed by atoms with Gasteiger partial charge in [-0.15, -0.1) is 0 Å². The van der Waals surface area contributed by atoms with E-state index in [9.17, 15) is 0 Å². The Morgan fingerprint density at radius 1 is 1.26 bits per heavy atom. The third kappa shape index (κ3) is 3.95. The van der Waals surface area contributed by atoms with Crippen LogP contribution in [0.25, 0.3) is 0 Å². The molecule has 0 atom stereocenters. The van der Waals surface area contributed by atoms with Crippen molar-refractivity contribution >= 4 is 0 Å². The van der Waals surface area contributed by atoms with Crippen molar-refractivity contribution < 1.29 is 4.74 Å². The van der Waals surface area contributed by atoms with Gasteiger partial charge in [0.15, 0.2) is 0 Å². The summed E-state index contributed by atoms with van der Waals surface area (Å²) in [7, 11) is 4.26. The van der Waals surface area contributed by atoms with Crippen LogP contribution in [-0.2, 0) is 13.1 Å². The first-order chi connectivity index (χ1) is 9.06. The third-order valence-corrected chi connectivity index (χ3v) is 3.45. The van der Waals surface area contributed by atoms with Crippen LogP contribution in [0.1, 0.15) is 31.4 Å². The third-order valence-electron chi connectivity index (χ3n) is 3.45. The van der Waals surface area contributed by atoms with Crippen LogP contribution < -0.4 is 4.74 Å². The van der Waals surface area contributed by atoms with Crippen LogP contribution in [-0.4, -0.2) is 43.1 Å². The van der Waals surface area contributed by atoms with Crippen LogP contribution in [0.15, 0.2) is 18.2 Å². The van der Waals surface area contributed by atoms with Crippen LogP contribution in [0.5, 0.6) is 5.75 Å². The highest BCUT2D eigenvalue weighted by molar-refractivity contribution is 5.42. The van der Waals surface area contributed by atoms with E-state index in [4.69, 9.17) is 4.74 Å². The minimum absolute atomic E-state index is 0.245. The highest BCUT2D eigenvalue weighted by atomic mass is 16.5. The number of hydrogen-bond donors (Lipinski definition) is 0. The van der Waals surface area contributed by atoms with Crippen molar-refractivity contribution in [1.29, 1.82) is 0 Å². The number of benzene rings is 1. The van der Waals surface area contributed by atoms with E-state index in [1.165, 1.54) is 17.5 Å². The number of hydrogen-bond acceptors (Lipinski definition) is 3. The largest absolute Gasteiger partial charge is 0.491 e. The molecule has 0 saturated carbocycles. The van der Waals surface area contributed by atoms with Gasteiger partial charge in [0.05, 0.1) is 6.10 Å². The molecule has 0 fully saturated rings.